The monoisotopic (exact) mass is 720 g/mol. The van der Waals surface area contributed by atoms with Crippen molar-refractivity contribution in [3.05, 3.63) is 128 Å². The third-order valence-electron chi connectivity index (χ3n) is 8.53. The molecule has 0 radical (unpaired) electrons. The first-order chi connectivity index (χ1) is 23.8. The van der Waals surface area contributed by atoms with Gasteiger partial charge in [-0.15, -0.1) is 0 Å². The molecule has 0 heterocycles. The highest BCUT2D eigenvalue weighted by Gasteiger charge is 2.36. The number of nitrogens with zero attached hydrogens (tertiary/aromatic N) is 3. The van der Waals surface area contributed by atoms with Crippen LogP contribution in [0, 0.1) is 24.0 Å². The Hall–Kier alpha value is -4.94. The lowest BCUT2D eigenvalue weighted by atomic mass is 10.0. The lowest BCUT2D eigenvalue weighted by Gasteiger charge is -2.35. The molecule has 0 aliphatic rings. The van der Waals surface area contributed by atoms with Gasteiger partial charge in [0.25, 0.3) is 15.7 Å². The van der Waals surface area contributed by atoms with Gasteiger partial charge in [-0.2, -0.15) is 0 Å². The fourth-order valence-corrected chi connectivity index (χ4v) is 7.01. The fourth-order valence-electron chi connectivity index (χ4n) is 5.41. The summed E-state index contributed by atoms with van der Waals surface area (Å²) in [5.41, 5.74) is 2.24. The number of hydrogen-bond donors (Lipinski definition) is 1. The maximum absolute atomic E-state index is 14.8. The molecule has 0 unspecified atom stereocenters. The molecule has 0 fully saturated rings. The van der Waals surface area contributed by atoms with Crippen LogP contribution in [0.4, 0.5) is 11.4 Å². The first-order valence-corrected chi connectivity index (χ1v) is 17.9. The summed E-state index contributed by atoms with van der Waals surface area (Å²) in [4.78, 5) is 41.0. The summed E-state index contributed by atoms with van der Waals surface area (Å²) in [6, 6.07) is 23.3. The predicted octanol–water partition coefficient (Wildman–Crippen LogP) is 6.62. The molecule has 264 valence electrons. The summed E-state index contributed by atoms with van der Waals surface area (Å²) in [7, 11) is -3.33. The van der Waals surface area contributed by atoms with Crippen LogP contribution in [0.2, 0.25) is 5.02 Å². The topological polar surface area (TPSA) is 139 Å². The van der Waals surface area contributed by atoms with E-state index in [0.29, 0.717) is 6.42 Å². The molecule has 50 heavy (non-hydrogen) atoms. The van der Waals surface area contributed by atoms with Gasteiger partial charge in [0.15, 0.2) is 0 Å². The Kier molecular flexibility index (Phi) is 12.6. The smallest absolute Gasteiger partial charge is 0.273 e. The third-order valence-corrected chi connectivity index (χ3v) is 10.5. The van der Waals surface area contributed by atoms with Crippen LogP contribution in [0.25, 0.3) is 0 Å². The molecule has 0 aliphatic carbocycles. The molecule has 0 aliphatic heterocycles. The highest BCUT2D eigenvalue weighted by molar-refractivity contribution is 7.92. The van der Waals surface area contributed by atoms with Crippen LogP contribution in [-0.4, -0.2) is 55.8 Å². The molecule has 4 aromatic rings. The average Bonchev–Trinajstić information content (AvgIpc) is 3.09. The lowest BCUT2D eigenvalue weighted by molar-refractivity contribution is -0.385. The van der Waals surface area contributed by atoms with Crippen molar-refractivity contribution < 1.29 is 27.7 Å². The second-order valence-electron chi connectivity index (χ2n) is 12.0. The van der Waals surface area contributed by atoms with E-state index in [0.717, 1.165) is 27.1 Å². The van der Waals surface area contributed by atoms with E-state index in [1.165, 1.54) is 49.3 Å². The molecule has 0 aromatic heterocycles. The maximum Gasteiger partial charge on any atom is 0.273 e. The first kappa shape index (κ1) is 37.9. The minimum atomic E-state index is -4.67. The zero-order valence-electron chi connectivity index (χ0n) is 28.6. The van der Waals surface area contributed by atoms with Gasteiger partial charge in [0, 0.05) is 35.7 Å². The zero-order valence-corrected chi connectivity index (χ0v) is 30.2. The van der Waals surface area contributed by atoms with Crippen molar-refractivity contribution in [3.63, 3.8) is 0 Å². The predicted molar refractivity (Wildman–Crippen MR) is 194 cm³/mol. The molecule has 1 N–H and O–H groups in total. The van der Waals surface area contributed by atoms with Gasteiger partial charge in [-0.1, -0.05) is 79.2 Å². The Labute approximate surface area is 298 Å². The van der Waals surface area contributed by atoms with Crippen LogP contribution in [0.15, 0.2) is 95.9 Å². The van der Waals surface area contributed by atoms with Gasteiger partial charge in [0.2, 0.25) is 11.8 Å². The van der Waals surface area contributed by atoms with Gasteiger partial charge in [0.05, 0.1) is 22.6 Å². The van der Waals surface area contributed by atoms with Crippen LogP contribution in [-0.2, 0) is 32.6 Å². The largest absolute Gasteiger partial charge is 0.495 e. The van der Waals surface area contributed by atoms with Crippen molar-refractivity contribution in [2.45, 2.75) is 64.1 Å². The molecule has 4 rings (SSSR count). The highest BCUT2D eigenvalue weighted by Crippen LogP contribution is 2.36. The Morgan fingerprint density at radius 2 is 1.64 bits per heavy atom. The lowest BCUT2D eigenvalue weighted by Crippen LogP contribution is -2.54. The number of carbonyl (C=O) groups excluding carboxylic acids is 2. The summed E-state index contributed by atoms with van der Waals surface area (Å²) < 4.78 is 35.3. The van der Waals surface area contributed by atoms with E-state index < -0.39 is 49.9 Å². The molecule has 2 amide bonds. The van der Waals surface area contributed by atoms with Gasteiger partial charge in [0.1, 0.15) is 18.3 Å². The van der Waals surface area contributed by atoms with Gasteiger partial charge < -0.3 is 15.0 Å². The number of nitrogens with one attached hydrogen (secondary N) is 1. The maximum atomic E-state index is 14.8. The number of methoxy groups -OCH3 is 1. The van der Waals surface area contributed by atoms with E-state index >= 15 is 0 Å². The van der Waals surface area contributed by atoms with Crippen molar-refractivity contribution in [2.75, 3.05) is 18.0 Å². The molecule has 0 bridgehead atoms. The number of carbonyl (C=O) groups is 2. The Balaban J connectivity index is 1.90. The summed E-state index contributed by atoms with van der Waals surface area (Å²) in [6.45, 7) is 6.40. The third kappa shape index (κ3) is 8.99. The van der Waals surface area contributed by atoms with Crippen LogP contribution in [0.1, 0.15) is 42.5 Å². The highest BCUT2D eigenvalue weighted by atomic mass is 35.5. The van der Waals surface area contributed by atoms with E-state index in [-0.39, 0.29) is 41.0 Å². The van der Waals surface area contributed by atoms with Gasteiger partial charge >= 0.3 is 0 Å². The minimum Gasteiger partial charge on any atom is -0.495 e. The van der Waals surface area contributed by atoms with Crippen molar-refractivity contribution in [1.82, 2.24) is 10.2 Å². The summed E-state index contributed by atoms with van der Waals surface area (Å²) in [5.74, 6) is -0.997. The van der Waals surface area contributed by atoms with Gasteiger partial charge in [-0.3, -0.25) is 24.0 Å². The second-order valence-corrected chi connectivity index (χ2v) is 14.3. The van der Waals surface area contributed by atoms with E-state index in [2.05, 4.69) is 5.32 Å². The van der Waals surface area contributed by atoms with E-state index in [1.807, 2.05) is 75.4 Å². The fraction of sp³-hybridized carbons (Fsp3) is 0.297. The Bertz CT molecular complexity index is 1960. The molecular weight excluding hydrogens is 680 g/mol. The normalized spacial score (nSPS) is 12.4. The molecular formula is C37H41ClN4O7S. The molecule has 0 saturated carbocycles. The number of aryl methyl sites for hydroxylation is 2. The number of halogens is 1. The standard InChI is InChI=1S/C37H41ClN4O7S/c1-6-27(4)39-37(44)34(20-28-13-8-7-9-14-28)40(23-29-15-11-10-12-25(29)2)36(43)24-41(33-21-30(38)17-19-35(33)49-5)50(47,48)31-18-16-26(3)32(22-31)42(45)46/h7-19,21-22,27,34H,6,20,23-24H2,1-5H3,(H,39,44)/t27-,34-/m1/s1. The van der Waals surface area contributed by atoms with E-state index in [1.54, 1.807) is 0 Å². The van der Waals surface area contributed by atoms with Crippen LogP contribution >= 0.6 is 11.6 Å². The first-order valence-electron chi connectivity index (χ1n) is 16.1. The Morgan fingerprint density at radius 1 is 0.960 bits per heavy atom. The second kappa shape index (κ2) is 16.6. The number of nitro benzene ring substituents is 1. The van der Waals surface area contributed by atoms with Crippen molar-refractivity contribution in [1.29, 1.82) is 0 Å². The number of amides is 2. The number of hydrogen-bond acceptors (Lipinski definition) is 7. The quantitative estimate of drug-likeness (QED) is 0.108. The molecule has 0 spiro atoms. The van der Waals surface area contributed by atoms with Crippen LogP contribution in [0.3, 0.4) is 0 Å². The summed E-state index contributed by atoms with van der Waals surface area (Å²) >= 11 is 6.36. The van der Waals surface area contributed by atoms with Crippen molar-refractivity contribution >= 4 is 44.8 Å². The number of benzene rings is 4. The number of sulfonamides is 1. The van der Waals surface area contributed by atoms with Crippen molar-refractivity contribution in [3.8, 4) is 5.75 Å². The van der Waals surface area contributed by atoms with Crippen molar-refractivity contribution in [2.24, 2.45) is 0 Å². The summed E-state index contributed by atoms with van der Waals surface area (Å²) in [6.07, 6.45) is 0.803. The molecule has 0 saturated heterocycles. The van der Waals surface area contributed by atoms with Crippen LogP contribution < -0.4 is 14.4 Å². The molecule has 4 aromatic carbocycles. The van der Waals surface area contributed by atoms with Gasteiger partial charge in [-0.05, 0) is 68.1 Å². The zero-order chi connectivity index (χ0) is 36.6. The van der Waals surface area contributed by atoms with Crippen LogP contribution in [0.5, 0.6) is 5.75 Å². The number of ether oxygens (including phenoxy) is 1. The molecule has 13 heteroatoms. The number of rotatable bonds is 15. The minimum absolute atomic E-state index is 0.00644. The number of anilines is 1. The molecule has 2 atom stereocenters. The number of nitro groups is 1. The Morgan fingerprint density at radius 3 is 2.28 bits per heavy atom. The van der Waals surface area contributed by atoms with E-state index in [9.17, 15) is 28.1 Å². The van der Waals surface area contributed by atoms with E-state index in [4.69, 9.17) is 16.3 Å². The average molecular weight is 721 g/mol. The SMILES string of the molecule is CC[C@@H](C)NC(=O)[C@@H](Cc1ccccc1)N(Cc1ccccc1C)C(=O)CN(c1cc(Cl)ccc1OC)S(=O)(=O)c1ccc(C)c([N+](=O)[O-])c1. The van der Waals surface area contributed by atoms with Gasteiger partial charge in [-0.25, -0.2) is 8.42 Å². The molecule has 11 nitrogen and oxygen atoms in total. The summed E-state index contributed by atoms with van der Waals surface area (Å²) in [5, 5.41) is 15.0.